The molecule has 0 fully saturated rings. The normalized spacial score (nSPS) is 10.3. The zero-order valence-electron chi connectivity index (χ0n) is 17.8. The molecule has 2 rings (SSSR count). The number of carbonyl (C=O) groups is 3. The Morgan fingerprint density at radius 1 is 1.06 bits per heavy atom. The number of hydrogen-bond acceptors (Lipinski definition) is 5. The van der Waals surface area contributed by atoms with Gasteiger partial charge in [0.05, 0.1) is 6.54 Å². The van der Waals surface area contributed by atoms with E-state index in [1.807, 2.05) is 0 Å². The van der Waals surface area contributed by atoms with Crippen LogP contribution in [0.25, 0.3) is 0 Å². The maximum atomic E-state index is 12.1. The number of benzene rings is 2. The first-order valence-electron chi connectivity index (χ1n) is 9.30. The maximum Gasteiger partial charge on any atom is 0.490 e. The average Bonchev–Trinajstić information content (AvgIpc) is 2.76. The van der Waals surface area contributed by atoms with E-state index < -0.39 is 12.1 Å². The van der Waals surface area contributed by atoms with E-state index >= 15 is 0 Å². The first-order valence-corrected chi connectivity index (χ1v) is 9.30. The van der Waals surface area contributed by atoms with Gasteiger partial charge in [0.25, 0.3) is 11.8 Å². The van der Waals surface area contributed by atoms with Crippen LogP contribution in [0.15, 0.2) is 48.5 Å². The molecule has 0 aliphatic rings. The van der Waals surface area contributed by atoms with Gasteiger partial charge in [-0.25, -0.2) is 4.79 Å². The molecule has 33 heavy (non-hydrogen) atoms. The first kappa shape index (κ1) is 26.9. The molecule has 0 spiro atoms. The Hall–Kier alpha value is -4.09. The highest BCUT2D eigenvalue weighted by Crippen LogP contribution is 2.13. The number of carbonyl (C=O) groups excluding carboxylic acids is 2. The van der Waals surface area contributed by atoms with Crippen molar-refractivity contribution in [2.24, 2.45) is 5.73 Å². The molecule has 0 atom stereocenters. The number of carboxylic acid groups (broad SMARTS) is 1. The van der Waals surface area contributed by atoms with E-state index in [9.17, 15) is 22.8 Å². The van der Waals surface area contributed by atoms with Gasteiger partial charge >= 0.3 is 12.1 Å². The third-order valence-corrected chi connectivity index (χ3v) is 3.84. The molecule has 178 valence electrons. The highest BCUT2D eigenvalue weighted by atomic mass is 19.4. The summed E-state index contributed by atoms with van der Waals surface area (Å²) in [5, 5.41) is 17.3. The van der Waals surface area contributed by atoms with Crippen LogP contribution >= 0.6 is 0 Å². The van der Waals surface area contributed by atoms with Gasteiger partial charge < -0.3 is 25.8 Å². The standard InChI is InChI=1S/C19H22N4O3.C2HF3O2/c1-23(2)19(25)14-8-6-13(7-9-14)18(24)22-10-11-26-16-5-3-4-15(12-16)17(20)21;3-2(4,5)1(6)7/h3-9,12H,10-11H2,1-2H3,(H3,20,21)(H,22,24);(H,6,7). The fourth-order valence-electron chi connectivity index (χ4n) is 2.21. The zero-order chi connectivity index (χ0) is 25.2. The van der Waals surface area contributed by atoms with Gasteiger partial charge in [0.1, 0.15) is 18.2 Å². The number of carboxylic acids is 1. The van der Waals surface area contributed by atoms with Gasteiger partial charge in [0.2, 0.25) is 0 Å². The van der Waals surface area contributed by atoms with E-state index in [2.05, 4.69) is 5.32 Å². The second-order valence-electron chi connectivity index (χ2n) is 6.63. The Morgan fingerprint density at radius 3 is 2.09 bits per heavy atom. The van der Waals surface area contributed by atoms with E-state index in [0.29, 0.717) is 29.0 Å². The summed E-state index contributed by atoms with van der Waals surface area (Å²) in [6.45, 7) is 0.603. The van der Waals surface area contributed by atoms with E-state index in [-0.39, 0.29) is 24.3 Å². The van der Waals surface area contributed by atoms with Crippen molar-refractivity contribution in [2.45, 2.75) is 6.18 Å². The van der Waals surface area contributed by atoms with Gasteiger partial charge in [0, 0.05) is 30.8 Å². The number of halogens is 3. The van der Waals surface area contributed by atoms with Gasteiger partial charge in [0.15, 0.2) is 0 Å². The lowest BCUT2D eigenvalue weighted by molar-refractivity contribution is -0.192. The summed E-state index contributed by atoms with van der Waals surface area (Å²) in [6.07, 6.45) is -5.08. The molecule has 0 saturated carbocycles. The molecule has 2 amide bonds. The molecule has 0 heterocycles. The van der Waals surface area contributed by atoms with Crippen molar-refractivity contribution in [1.29, 1.82) is 5.41 Å². The number of nitrogens with two attached hydrogens (primary N) is 1. The number of rotatable bonds is 7. The van der Waals surface area contributed by atoms with Crippen molar-refractivity contribution in [2.75, 3.05) is 27.2 Å². The topological polar surface area (TPSA) is 146 Å². The van der Waals surface area contributed by atoms with Crippen molar-refractivity contribution in [1.82, 2.24) is 10.2 Å². The molecule has 0 aromatic heterocycles. The van der Waals surface area contributed by atoms with E-state index in [0.717, 1.165) is 0 Å². The van der Waals surface area contributed by atoms with Gasteiger partial charge in [-0.2, -0.15) is 13.2 Å². The number of alkyl halides is 3. The second kappa shape index (κ2) is 12.1. The Kier molecular flexibility index (Phi) is 9.86. The number of aliphatic carboxylic acids is 1. The Labute approximate surface area is 187 Å². The van der Waals surface area contributed by atoms with Crippen LogP contribution in [-0.4, -0.2) is 67.0 Å². The Morgan fingerprint density at radius 2 is 1.61 bits per heavy atom. The van der Waals surface area contributed by atoms with Gasteiger partial charge in [-0.05, 0) is 36.4 Å². The lowest BCUT2D eigenvalue weighted by Gasteiger charge is -2.11. The first-order chi connectivity index (χ1) is 15.3. The van der Waals surface area contributed by atoms with Crippen molar-refractivity contribution in [3.8, 4) is 5.75 Å². The summed E-state index contributed by atoms with van der Waals surface area (Å²) >= 11 is 0. The highest BCUT2D eigenvalue weighted by molar-refractivity contribution is 5.97. The Balaban J connectivity index is 0.000000675. The average molecular weight is 468 g/mol. The molecule has 0 radical (unpaired) electrons. The molecule has 0 saturated heterocycles. The number of amidine groups is 1. The van der Waals surface area contributed by atoms with Crippen LogP contribution < -0.4 is 15.8 Å². The highest BCUT2D eigenvalue weighted by Gasteiger charge is 2.38. The number of amides is 2. The Bertz CT molecular complexity index is 992. The molecule has 9 nitrogen and oxygen atoms in total. The summed E-state index contributed by atoms with van der Waals surface area (Å²) < 4.78 is 37.3. The van der Waals surface area contributed by atoms with Gasteiger partial charge in [-0.15, -0.1) is 0 Å². The van der Waals surface area contributed by atoms with Gasteiger partial charge in [-0.3, -0.25) is 15.0 Å². The minimum Gasteiger partial charge on any atom is -0.492 e. The van der Waals surface area contributed by atoms with Crippen LogP contribution in [0.5, 0.6) is 5.75 Å². The molecule has 2 aromatic carbocycles. The number of nitrogens with zero attached hydrogens (tertiary/aromatic N) is 1. The predicted molar refractivity (Wildman–Crippen MR) is 113 cm³/mol. The van der Waals surface area contributed by atoms with Crippen molar-refractivity contribution < 1.29 is 37.4 Å². The molecular weight excluding hydrogens is 445 g/mol. The number of nitrogen functional groups attached to an aromatic ring is 1. The lowest BCUT2D eigenvalue weighted by Crippen LogP contribution is -2.28. The van der Waals surface area contributed by atoms with Crippen LogP contribution in [0, 0.1) is 5.41 Å². The molecular formula is C21H23F3N4O5. The fourth-order valence-corrected chi connectivity index (χ4v) is 2.21. The van der Waals surface area contributed by atoms with Crippen LogP contribution in [-0.2, 0) is 4.79 Å². The number of hydrogen-bond donors (Lipinski definition) is 4. The summed E-state index contributed by atoms with van der Waals surface area (Å²) in [5.41, 5.74) is 7.02. The summed E-state index contributed by atoms with van der Waals surface area (Å²) in [7, 11) is 3.35. The molecule has 5 N–H and O–H groups in total. The molecule has 12 heteroatoms. The predicted octanol–water partition coefficient (Wildman–Crippen LogP) is 2.11. The van der Waals surface area contributed by atoms with E-state index in [1.54, 1.807) is 62.6 Å². The summed E-state index contributed by atoms with van der Waals surface area (Å²) in [6, 6.07) is 13.4. The van der Waals surface area contributed by atoms with E-state index in [4.69, 9.17) is 25.8 Å². The quantitative estimate of drug-likeness (QED) is 0.278. The molecule has 0 aliphatic carbocycles. The third kappa shape index (κ3) is 9.29. The van der Waals surface area contributed by atoms with Gasteiger partial charge in [-0.1, -0.05) is 12.1 Å². The zero-order valence-corrected chi connectivity index (χ0v) is 17.8. The van der Waals surface area contributed by atoms with Crippen molar-refractivity contribution in [3.63, 3.8) is 0 Å². The SMILES string of the molecule is CN(C)C(=O)c1ccc(C(=O)NCCOc2cccc(C(=N)N)c2)cc1.O=C(O)C(F)(F)F. The summed E-state index contributed by atoms with van der Waals surface area (Å²) in [5.74, 6) is -2.56. The second-order valence-corrected chi connectivity index (χ2v) is 6.63. The minimum absolute atomic E-state index is 0.0278. The summed E-state index contributed by atoms with van der Waals surface area (Å²) in [4.78, 5) is 34.3. The van der Waals surface area contributed by atoms with Crippen molar-refractivity contribution >= 4 is 23.6 Å². The van der Waals surface area contributed by atoms with Crippen molar-refractivity contribution in [3.05, 3.63) is 65.2 Å². The van der Waals surface area contributed by atoms with E-state index in [1.165, 1.54) is 4.90 Å². The third-order valence-electron chi connectivity index (χ3n) is 3.84. The minimum atomic E-state index is -5.08. The molecule has 0 unspecified atom stereocenters. The van der Waals surface area contributed by atoms with Crippen LogP contribution in [0.1, 0.15) is 26.3 Å². The lowest BCUT2D eigenvalue weighted by atomic mass is 10.1. The number of ether oxygens (including phenoxy) is 1. The van der Waals surface area contributed by atoms with Crippen LogP contribution in [0.3, 0.4) is 0 Å². The monoisotopic (exact) mass is 468 g/mol. The van der Waals surface area contributed by atoms with Crippen LogP contribution in [0.4, 0.5) is 13.2 Å². The molecule has 0 bridgehead atoms. The smallest absolute Gasteiger partial charge is 0.490 e. The maximum absolute atomic E-state index is 12.1. The number of nitrogens with one attached hydrogen (secondary N) is 2. The largest absolute Gasteiger partial charge is 0.492 e. The fraction of sp³-hybridized carbons (Fsp3) is 0.238. The molecule has 2 aromatic rings. The molecule has 0 aliphatic heterocycles. The van der Waals surface area contributed by atoms with Crippen LogP contribution in [0.2, 0.25) is 0 Å².